The third kappa shape index (κ3) is 0.987. The van der Waals surface area contributed by atoms with Gasteiger partial charge in [0.25, 0.3) is 0 Å². The van der Waals surface area contributed by atoms with E-state index >= 15 is 0 Å². The van der Waals surface area contributed by atoms with Gasteiger partial charge in [0, 0.05) is 17.8 Å². The monoisotopic (exact) mass is 199 g/mol. The van der Waals surface area contributed by atoms with Crippen LogP contribution in [0.15, 0.2) is 30.3 Å². The summed E-state index contributed by atoms with van der Waals surface area (Å²) in [4.78, 5) is 2.72. The largest absolute Gasteiger partial charge is 0.365 e. The molecule has 2 heterocycles. The Kier molecular flexibility index (Phi) is 1.41. The van der Waals surface area contributed by atoms with Crippen LogP contribution in [-0.2, 0) is 0 Å². The molecule has 0 unspecified atom stereocenters. The number of fused-ring (bicyclic) bond motifs is 1. The second-order valence-electron chi connectivity index (χ2n) is 5.58. The Labute approximate surface area is 91.1 Å². The van der Waals surface area contributed by atoms with Crippen molar-refractivity contribution in [1.29, 1.82) is 0 Å². The van der Waals surface area contributed by atoms with E-state index in [9.17, 15) is 0 Å². The zero-order valence-corrected chi connectivity index (χ0v) is 9.02. The highest BCUT2D eigenvalue weighted by atomic mass is 15.3. The quantitative estimate of drug-likeness (QED) is 0.672. The molecule has 15 heavy (non-hydrogen) atoms. The second kappa shape index (κ2) is 2.58. The third-order valence-corrected chi connectivity index (χ3v) is 4.80. The lowest BCUT2D eigenvalue weighted by molar-refractivity contribution is 0.0981. The van der Waals surface area contributed by atoms with E-state index in [1.807, 2.05) is 0 Å². The van der Waals surface area contributed by atoms with Gasteiger partial charge >= 0.3 is 0 Å². The first-order valence-corrected chi connectivity index (χ1v) is 6.21. The summed E-state index contributed by atoms with van der Waals surface area (Å²) in [5.41, 5.74) is 2.07. The van der Waals surface area contributed by atoms with Gasteiger partial charge in [-0.25, -0.2) is 0 Å². The van der Waals surface area contributed by atoms with Gasteiger partial charge in [0.1, 0.15) is 0 Å². The first-order chi connectivity index (χ1) is 7.38. The van der Waals surface area contributed by atoms with Gasteiger partial charge in [-0.2, -0.15) is 0 Å². The van der Waals surface area contributed by atoms with Crippen molar-refractivity contribution in [1.82, 2.24) is 0 Å². The third-order valence-electron chi connectivity index (χ3n) is 4.80. The van der Waals surface area contributed by atoms with E-state index in [1.165, 1.54) is 37.9 Å². The Hall–Kier alpha value is -0.980. The molecular weight excluding hydrogens is 182 g/mol. The van der Waals surface area contributed by atoms with Crippen LogP contribution in [0.5, 0.6) is 0 Å². The standard InChI is InChI=1S/C14H17N/c1-2-4-13(5-3-1)15-10-11-8-12(9-11)14(15)6-7-14/h1-5,11-12H,6-10H2. The number of anilines is 1. The normalized spacial score (nSPS) is 35.1. The number of hydrogen-bond donors (Lipinski definition) is 0. The van der Waals surface area contributed by atoms with Crippen molar-refractivity contribution in [2.75, 3.05) is 11.4 Å². The maximum atomic E-state index is 2.72. The van der Waals surface area contributed by atoms with Gasteiger partial charge in [-0.1, -0.05) is 18.2 Å². The fourth-order valence-corrected chi connectivity index (χ4v) is 3.76. The maximum Gasteiger partial charge on any atom is 0.0432 e. The Morgan fingerprint density at radius 2 is 1.80 bits per heavy atom. The van der Waals surface area contributed by atoms with Crippen LogP contribution in [0, 0.1) is 11.8 Å². The first-order valence-electron chi connectivity index (χ1n) is 6.21. The fourth-order valence-electron chi connectivity index (χ4n) is 3.76. The number of rotatable bonds is 1. The number of para-hydroxylation sites is 1. The molecule has 0 radical (unpaired) electrons. The highest BCUT2D eigenvalue weighted by Crippen LogP contribution is 2.61. The molecule has 0 amide bonds. The summed E-state index contributed by atoms with van der Waals surface area (Å²) in [5, 5.41) is 0. The predicted molar refractivity (Wildman–Crippen MR) is 62.0 cm³/mol. The van der Waals surface area contributed by atoms with Crippen LogP contribution in [0.25, 0.3) is 0 Å². The lowest BCUT2D eigenvalue weighted by Crippen LogP contribution is -2.57. The molecule has 2 saturated heterocycles. The first kappa shape index (κ1) is 8.20. The predicted octanol–water partition coefficient (Wildman–Crippen LogP) is 3.07. The van der Waals surface area contributed by atoms with Crippen molar-refractivity contribution in [3.63, 3.8) is 0 Å². The number of benzene rings is 1. The van der Waals surface area contributed by atoms with Gasteiger partial charge in [-0.3, -0.25) is 0 Å². The van der Waals surface area contributed by atoms with Gasteiger partial charge in [-0.15, -0.1) is 0 Å². The van der Waals surface area contributed by atoms with E-state index in [2.05, 4.69) is 35.2 Å². The molecule has 4 aliphatic rings. The van der Waals surface area contributed by atoms with Crippen LogP contribution in [0.2, 0.25) is 0 Å². The number of piperidine rings is 2. The van der Waals surface area contributed by atoms with Crippen LogP contribution >= 0.6 is 0 Å². The topological polar surface area (TPSA) is 3.24 Å². The Morgan fingerprint density at radius 3 is 2.47 bits per heavy atom. The molecule has 0 atom stereocenters. The zero-order valence-electron chi connectivity index (χ0n) is 9.02. The van der Waals surface area contributed by atoms with Crippen molar-refractivity contribution >= 4 is 5.69 Å². The van der Waals surface area contributed by atoms with Crippen LogP contribution in [0.1, 0.15) is 25.7 Å². The van der Waals surface area contributed by atoms with Crippen LogP contribution in [-0.4, -0.2) is 12.1 Å². The summed E-state index contributed by atoms with van der Waals surface area (Å²) in [7, 11) is 0. The van der Waals surface area contributed by atoms with Crippen LogP contribution in [0.4, 0.5) is 5.69 Å². The van der Waals surface area contributed by atoms with Gasteiger partial charge < -0.3 is 4.90 Å². The van der Waals surface area contributed by atoms with Crippen molar-refractivity contribution < 1.29 is 0 Å². The Bertz CT molecular complexity index is 374. The molecule has 2 saturated carbocycles. The van der Waals surface area contributed by atoms with E-state index in [1.54, 1.807) is 0 Å². The minimum absolute atomic E-state index is 0.607. The van der Waals surface area contributed by atoms with Gasteiger partial charge in [0.2, 0.25) is 0 Å². The molecule has 1 aromatic carbocycles. The SMILES string of the molecule is c1ccc(N2CC3CC(C3)C23CC3)cc1. The van der Waals surface area contributed by atoms with Crippen molar-refractivity contribution in [2.45, 2.75) is 31.2 Å². The molecule has 1 spiro atoms. The molecule has 2 bridgehead atoms. The summed E-state index contributed by atoms with van der Waals surface area (Å²) in [6, 6.07) is 11.0. The molecule has 1 aromatic rings. The lowest BCUT2D eigenvalue weighted by atomic mass is 9.65. The van der Waals surface area contributed by atoms with Gasteiger partial charge in [0.15, 0.2) is 0 Å². The van der Waals surface area contributed by atoms with Crippen LogP contribution in [0.3, 0.4) is 0 Å². The summed E-state index contributed by atoms with van der Waals surface area (Å²) in [5.74, 6) is 2.03. The van der Waals surface area contributed by atoms with Crippen molar-refractivity contribution in [2.24, 2.45) is 11.8 Å². The van der Waals surface area contributed by atoms with Crippen LogP contribution < -0.4 is 4.90 Å². The molecule has 1 nitrogen and oxygen atoms in total. The van der Waals surface area contributed by atoms with Gasteiger partial charge in [0.05, 0.1) is 0 Å². The molecule has 0 aromatic heterocycles. The summed E-state index contributed by atoms with van der Waals surface area (Å²) >= 11 is 0. The molecule has 0 N–H and O–H groups in total. The van der Waals surface area contributed by atoms with Crippen molar-refractivity contribution in [3.8, 4) is 0 Å². The fraction of sp³-hybridized carbons (Fsp3) is 0.571. The molecule has 5 rings (SSSR count). The van der Waals surface area contributed by atoms with Crippen molar-refractivity contribution in [3.05, 3.63) is 30.3 Å². The minimum Gasteiger partial charge on any atom is -0.365 e. The minimum atomic E-state index is 0.607. The van der Waals surface area contributed by atoms with E-state index < -0.39 is 0 Å². The Morgan fingerprint density at radius 1 is 1.07 bits per heavy atom. The second-order valence-corrected chi connectivity index (χ2v) is 5.58. The lowest BCUT2D eigenvalue weighted by Gasteiger charge is -2.55. The highest BCUT2D eigenvalue weighted by Gasteiger charge is 2.61. The summed E-state index contributed by atoms with van der Waals surface area (Å²) in [6.45, 7) is 1.32. The molecule has 4 fully saturated rings. The average Bonchev–Trinajstić information content (AvgIpc) is 2.98. The molecule has 78 valence electrons. The zero-order chi connectivity index (χ0) is 9.88. The van der Waals surface area contributed by atoms with E-state index in [0.717, 1.165) is 11.8 Å². The molecule has 2 aliphatic carbocycles. The summed E-state index contributed by atoms with van der Waals surface area (Å²) in [6.07, 6.45) is 5.92. The smallest absolute Gasteiger partial charge is 0.0432 e. The van der Waals surface area contributed by atoms with E-state index in [0.29, 0.717) is 5.54 Å². The highest BCUT2D eigenvalue weighted by molar-refractivity contribution is 5.53. The van der Waals surface area contributed by atoms with Gasteiger partial charge in [-0.05, 0) is 49.7 Å². The molecule has 2 aliphatic heterocycles. The van der Waals surface area contributed by atoms with E-state index in [-0.39, 0.29) is 0 Å². The number of nitrogens with zero attached hydrogens (tertiary/aromatic N) is 1. The summed E-state index contributed by atoms with van der Waals surface area (Å²) < 4.78 is 0. The maximum absolute atomic E-state index is 2.72. The molecular formula is C14H17N. The van der Waals surface area contributed by atoms with E-state index in [4.69, 9.17) is 0 Å². The Balaban J connectivity index is 1.72. The molecule has 1 heteroatoms. The number of hydrogen-bond acceptors (Lipinski definition) is 1. The average molecular weight is 199 g/mol.